The number of allylic oxidation sites excluding steroid dienone is 6. The molecule has 0 aromatic rings. The Morgan fingerprint density at radius 2 is 1.14 bits per heavy atom. The molecule has 0 bridgehead atoms. The molecule has 1 fully saturated rings. The average molecular weight is 735 g/mol. The predicted octanol–water partition coefficient (Wildman–Crippen LogP) is 5.10. The molecule has 1 saturated carbocycles. The molecule has 0 heterocycles. The lowest BCUT2D eigenvalue weighted by molar-refractivity contribution is -0.220. The Bertz CT molecular complexity index is 1030. The predicted molar refractivity (Wildman–Crippen MR) is 189 cm³/mol. The first kappa shape index (κ1) is 46.1. The van der Waals surface area contributed by atoms with E-state index in [1.165, 1.54) is 0 Å². The van der Waals surface area contributed by atoms with Crippen LogP contribution in [0.4, 0.5) is 0 Å². The van der Waals surface area contributed by atoms with Gasteiger partial charge in [0.2, 0.25) is 0 Å². The van der Waals surface area contributed by atoms with Gasteiger partial charge in [0, 0.05) is 12.8 Å². The Morgan fingerprint density at radius 3 is 1.74 bits per heavy atom. The first-order valence-electron chi connectivity index (χ1n) is 18.3. The minimum Gasteiger partial charge on any atom is -0.462 e. The van der Waals surface area contributed by atoms with Crippen LogP contribution in [0.1, 0.15) is 123 Å². The van der Waals surface area contributed by atoms with Crippen molar-refractivity contribution in [3.8, 4) is 0 Å². The van der Waals surface area contributed by atoms with Crippen molar-refractivity contribution in [1.29, 1.82) is 0 Å². The van der Waals surface area contributed by atoms with Gasteiger partial charge in [-0.25, -0.2) is 4.57 Å². The maximum Gasteiger partial charge on any atom is 0.472 e. The summed E-state index contributed by atoms with van der Waals surface area (Å²) in [4.78, 5) is 35.0. The van der Waals surface area contributed by atoms with Crippen molar-refractivity contribution in [2.24, 2.45) is 0 Å². The number of carbonyl (C=O) groups is 2. The second-order valence-electron chi connectivity index (χ2n) is 12.7. The van der Waals surface area contributed by atoms with E-state index in [0.717, 1.165) is 83.5 Å². The number of hydrogen-bond donors (Lipinski definition) is 6. The lowest BCUT2D eigenvalue weighted by Gasteiger charge is -2.41. The standard InChI is InChI=1S/C36H63O13P/c1-3-5-7-9-10-11-12-13-14-15-16-17-18-19-20-21-23-25-30(38)48-28(26-46-29(37)24-22-8-6-4-2)27-47-50(44,45)49-36-34(42)32(40)31(39)33(41)35(36)43/h5,7,10-11,13-14,28,31-36,39-43H,3-4,6,8-9,12,15-27H2,1-2H3,(H,44,45)/b7-5-,11-10-,14-13-. The van der Waals surface area contributed by atoms with Crippen molar-refractivity contribution >= 4 is 19.8 Å². The molecule has 0 saturated heterocycles. The molecule has 50 heavy (non-hydrogen) atoms. The lowest BCUT2D eigenvalue weighted by atomic mass is 9.85. The number of unbranched alkanes of at least 4 members (excludes halogenated alkanes) is 10. The maximum absolute atomic E-state index is 12.7. The SMILES string of the molecule is CC/C=C\C/C=C\C/C=C\CCCCCCCCCC(=O)OC(COC(=O)CCCCCC)COP(=O)(O)OC1C(O)C(O)C(O)C(O)C1O. The monoisotopic (exact) mass is 734 g/mol. The summed E-state index contributed by atoms with van der Waals surface area (Å²) in [6.07, 6.45) is 14.5. The summed E-state index contributed by atoms with van der Waals surface area (Å²) in [6.45, 7) is 2.98. The third kappa shape index (κ3) is 20.8. The molecular weight excluding hydrogens is 671 g/mol. The summed E-state index contributed by atoms with van der Waals surface area (Å²) in [7, 11) is -5.10. The third-order valence-corrected chi connectivity index (χ3v) is 9.23. The molecule has 6 unspecified atom stereocenters. The van der Waals surface area contributed by atoms with Gasteiger partial charge in [0.1, 0.15) is 43.2 Å². The Kier molecular flexibility index (Phi) is 25.5. The molecule has 6 N–H and O–H groups in total. The first-order valence-corrected chi connectivity index (χ1v) is 19.8. The van der Waals surface area contributed by atoms with Crippen molar-refractivity contribution in [3.63, 3.8) is 0 Å². The molecule has 0 aromatic carbocycles. The highest BCUT2D eigenvalue weighted by atomic mass is 31.2. The molecule has 0 aromatic heterocycles. The van der Waals surface area contributed by atoms with E-state index in [0.29, 0.717) is 12.8 Å². The van der Waals surface area contributed by atoms with E-state index in [1.54, 1.807) is 0 Å². The summed E-state index contributed by atoms with van der Waals surface area (Å²) < 4.78 is 33.0. The van der Waals surface area contributed by atoms with Crippen LogP contribution in [0, 0.1) is 0 Å². The summed E-state index contributed by atoms with van der Waals surface area (Å²) in [5.74, 6) is -1.14. The number of rotatable bonds is 28. The highest BCUT2D eigenvalue weighted by molar-refractivity contribution is 7.47. The minimum absolute atomic E-state index is 0.0848. The zero-order valence-electron chi connectivity index (χ0n) is 29.9. The molecule has 13 nitrogen and oxygen atoms in total. The number of hydrogen-bond acceptors (Lipinski definition) is 12. The van der Waals surface area contributed by atoms with Gasteiger partial charge in [-0.2, -0.15) is 0 Å². The van der Waals surface area contributed by atoms with E-state index >= 15 is 0 Å². The van der Waals surface area contributed by atoms with Crippen molar-refractivity contribution < 1.29 is 63.1 Å². The second kappa shape index (κ2) is 27.7. The van der Waals surface area contributed by atoms with Gasteiger partial charge in [0.05, 0.1) is 6.61 Å². The molecule has 1 rings (SSSR count). The van der Waals surface area contributed by atoms with Gasteiger partial charge in [-0.15, -0.1) is 0 Å². The second-order valence-corrected chi connectivity index (χ2v) is 14.1. The van der Waals surface area contributed by atoms with Crippen LogP contribution in [0.15, 0.2) is 36.5 Å². The summed E-state index contributed by atoms with van der Waals surface area (Å²) >= 11 is 0. The fourth-order valence-corrected chi connectivity index (χ4v) is 6.21. The Hall–Kier alpha value is -1.93. The van der Waals surface area contributed by atoms with Gasteiger partial charge in [-0.3, -0.25) is 18.6 Å². The molecular formula is C36H63O13P. The van der Waals surface area contributed by atoms with Gasteiger partial charge in [-0.05, 0) is 44.9 Å². The topological polar surface area (TPSA) is 210 Å². The van der Waals surface area contributed by atoms with Crippen LogP contribution in [-0.2, 0) is 32.7 Å². The molecule has 6 atom stereocenters. The largest absolute Gasteiger partial charge is 0.472 e. The van der Waals surface area contributed by atoms with Crippen LogP contribution >= 0.6 is 7.82 Å². The molecule has 0 spiro atoms. The smallest absolute Gasteiger partial charge is 0.462 e. The number of carbonyl (C=O) groups excluding carboxylic acids is 2. The number of aliphatic hydroxyl groups excluding tert-OH is 5. The molecule has 1 aliphatic rings. The van der Waals surface area contributed by atoms with Crippen LogP contribution in [0.3, 0.4) is 0 Å². The average Bonchev–Trinajstić information content (AvgIpc) is 3.09. The quantitative estimate of drug-likeness (QED) is 0.0268. The van der Waals surface area contributed by atoms with E-state index < -0.39 is 75.7 Å². The Labute approximate surface area is 298 Å². The van der Waals surface area contributed by atoms with E-state index in [-0.39, 0.29) is 12.8 Å². The number of esters is 2. The van der Waals surface area contributed by atoms with Crippen LogP contribution in [-0.4, -0.2) is 98.3 Å². The number of ether oxygens (including phenoxy) is 2. The molecule has 0 amide bonds. The van der Waals surface area contributed by atoms with Crippen LogP contribution in [0.5, 0.6) is 0 Å². The summed E-state index contributed by atoms with van der Waals surface area (Å²) in [5, 5.41) is 49.7. The van der Waals surface area contributed by atoms with Gasteiger partial charge in [-0.1, -0.05) is 102 Å². The van der Waals surface area contributed by atoms with Crippen LogP contribution < -0.4 is 0 Å². The normalized spacial score (nSPS) is 24.6. The van der Waals surface area contributed by atoms with Crippen LogP contribution in [0.2, 0.25) is 0 Å². The van der Waals surface area contributed by atoms with Gasteiger partial charge in [0.25, 0.3) is 0 Å². The summed E-state index contributed by atoms with van der Waals surface area (Å²) in [5.41, 5.74) is 0. The van der Waals surface area contributed by atoms with E-state index in [4.69, 9.17) is 18.5 Å². The molecule has 290 valence electrons. The van der Waals surface area contributed by atoms with Gasteiger partial charge >= 0.3 is 19.8 Å². The molecule has 0 radical (unpaired) electrons. The van der Waals surface area contributed by atoms with Crippen molar-refractivity contribution in [3.05, 3.63) is 36.5 Å². The van der Waals surface area contributed by atoms with Crippen molar-refractivity contribution in [2.75, 3.05) is 13.2 Å². The molecule has 14 heteroatoms. The number of phosphoric acid groups is 1. The minimum atomic E-state index is -5.10. The zero-order chi connectivity index (χ0) is 37.2. The van der Waals surface area contributed by atoms with Crippen molar-refractivity contribution in [2.45, 2.75) is 166 Å². The zero-order valence-corrected chi connectivity index (χ0v) is 30.8. The molecule has 0 aliphatic heterocycles. The molecule has 1 aliphatic carbocycles. The maximum atomic E-state index is 12.7. The van der Waals surface area contributed by atoms with Gasteiger partial charge in [0.15, 0.2) is 6.10 Å². The summed E-state index contributed by atoms with van der Waals surface area (Å²) in [6, 6.07) is 0. The lowest BCUT2D eigenvalue weighted by Crippen LogP contribution is -2.64. The van der Waals surface area contributed by atoms with E-state index in [2.05, 4.69) is 43.4 Å². The number of aliphatic hydroxyl groups is 5. The highest BCUT2D eigenvalue weighted by Crippen LogP contribution is 2.47. The number of phosphoric ester groups is 1. The Morgan fingerprint density at radius 1 is 0.640 bits per heavy atom. The third-order valence-electron chi connectivity index (χ3n) is 8.25. The Balaban J connectivity index is 2.46. The van der Waals surface area contributed by atoms with Crippen LogP contribution in [0.25, 0.3) is 0 Å². The van der Waals surface area contributed by atoms with E-state index in [1.807, 2.05) is 6.92 Å². The fourth-order valence-electron chi connectivity index (χ4n) is 5.24. The van der Waals surface area contributed by atoms with Crippen molar-refractivity contribution in [1.82, 2.24) is 0 Å². The fraction of sp³-hybridized carbons (Fsp3) is 0.778. The van der Waals surface area contributed by atoms with Gasteiger partial charge < -0.3 is 39.9 Å². The highest BCUT2D eigenvalue weighted by Gasteiger charge is 2.51. The van der Waals surface area contributed by atoms with E-state index in [9.17, 15) is 44.6 Å². The first-order chi connectivity index (χ1) is 23.9.